The van der Waals surface area contributed by atoms with Crippen molar-refractivity contribution in [1.82, 2.24) is 4.90 Å². The average Bonchev–Trinajstić information content (AvgIpc) is 3.10. The fourth-order valence-electron chi connectivity index (χ4n) is 4.66. The number of amides is 2. The monoisotopic (exact) mass is 380 g/mol. The van der Waals surface area contributed by atoms with Gasteiger partial charge in [0.15, 0.2) is 0 Å². The van der Waals surface area contributed by atoms with Crippen LogP contribution in [0.1, 0.15) is 45.1 Å². The maximum atomic E-state index is 12.9. The molecule has 1 atom stereocenters. The second-order valence-electron chi connectivity index (χ2n) is 8.13. The largest absolute Gasteiger partial charge is 0.341 e. The molecule has 1 aromatic rings. The van der Waals surface area contributed by atoms with Gasteiger partial charge in [0.05, 0.1) is 15.5 Å². The molecule has 1 saturated carbocycles. The lowest BCUT2D eigenvalue weighted by atomic mass is 9.61. The molecule has 0 unspecified atom stereocenters. The highest BCUT2D eigenvalue weighted by atomic mass is 35.5. The van der Waals surface area contributed by atoms with E-state index in [1.54, 1.807) is 12.1 Å². The van der Waals surface area contributed by atoms with Gasteiger partial charge in [-0.1, -0.05) is 43.5 Å². The van der Waals surface area contributed by atoms with Crippen molar-refractivity contribution in [3.8, 4) is 0 Å². The lowest BCUT2D eigenvalue weighted by Gasteiger charge is -2.45. The Bertz CT molecular complexity index is 773. The normalized spacial score (nSPS) is 33.4. The summed E-state index contributed by atoms with van der Waals surface area (Å²) in [5, 5.41) is 3.79. The minimum absolute atomic E-state index is 0.0526. The van der Waals surface area contributed by atoms with E-state index in [-0.39, 0.29) is 17.7 Å². The first-order valence-corrected chi connectivity index (χ1v) is 9.63. The number of anilines is 1. The van der Waals surface area contributed by atoms with E-state index in [1.165, 1.54) is 0 Å². The maximum absolute atomic E-state index is 12.9. The molecule has 2 fully saturated rings. The van der Waals surface area contributed by atoms with E-state index >= 15 is 0 Å². The van der Waals surface area contributed by atoms with Crippen LogP contribution in [0.4, 0.5) is 5.69 Å². The zero-order chi connectivity index (χ0) is 18.0. The molecule has 3 aliphatic rings. The minimum atomic E-state index is -0.684. The SMILES string of the molecule is CC[C@]1(C)C[C@H](C(=O)N2CC[C@]3(C2)C(=O)Nc2cc(Cl)c(Cl)cc23)C1. The van der Waals surface area contributed by atoms with Crippen LogP contribution in [0.15, 0.2) is 12.1 Å². The number of carbonyl (C=O) groups excluding carboxylic acids is 2. The van der Waals surface area contributed by atoms with E-state index in [0.717, 1.165) is 30.5 Å². The third-order valence-corrected chi connectivity index (χ3v) is 7.24. The summed E-state index contributed by atoms with van der Waals surface area (Å²) in [7, 11) is 0. The van der Waals surface area contributed by atoms with Gasteiger partial charge in [0.25, 0.3) is 0 Å². The molecule has 4 nitrogen and oxygen atoms in total. The standard InChI is InChI=1S/C19H22Cl2N2O2/c1-3-18(2)8-11(9-18)16(24)23-5-4-19(10-23)12-6-13(20)14(21)7-15(12)22-17(19)25/h6-7,11H,3-5,8-10H2,1-2H3,(H,22,25)/t11-,18+,19-/m1/s1. The summed E-state index contributed by atoms with van der Waals surface area (Å²) in [6.07, 6.45) is 3.65. The summed E-state index contributed by atoms with van der Waals surface area (Å²) in [5.41, 5.74) is 1.21. The van der Waals surface area contributed by atoms with Gasteiger partial charge in [0.1, 0.15) is 0 Å². The van der Waals surface area contributed by atoms with Gasteiger partial charge in [-0.2, -0.15) is 0 Å². The van der Waals surface area contributed by atoms with Gasteiger partial charge in [0.2, 0.25) is 11.8 Å². The molecule has 1 aliphatic carbocycles. The highest BCUT2D eigenvalue weighted by Crippen LogP contribution is 2.51. The Labute approximate surface area is 157 Å². The molecule has 2 heterocycles. The molecule has 25 heavy (non-hydrogen) atoms. The number of benzene rings is 1. The second kappa shape index (κ2) is 5.62. The Morgan fingerprint density at radius 2 is 2.00 bits per heavy atom. The molecular weight excluding hydrogens is 359 g/mol. The molecule has 0 aromatic heterocycles. The first-order chi connectivity index (χ1) is 11.8. The number of rotatable bonds is 2. The lowest BCUT2D eigenvalue weighted by molar-refractivity contribution is -0.142. The molecule has 1 spiro atoms. The van der Waals surface area contributed by atoms with Crippen molar-refractivity contribution in [1.29, 1.82) is 0 Å². The van der Waals surface area contributed by atoms with Gasteiger partial charge in [0, 0.05) is 24.7 Å². The highest BCUT2D eigenvalue weighted by Gasteiger charge is 2.54. The molecule has 1 aromatic carbocycles. The number of hydrogen-bond donors (Lipinski definition) is 1. The van der Waals surface area contributed by atoms with Gasteiger partial charge >= 0.3 is 0 Å². The van der Waals surface area contributed by atoms with Crippen LogP contribution >= 0.6 is 23.2 Å². The van der Waals surface area contributed by atoms with Crippen LogP contribution in [0.25, 0.3) is 0 Å². The van der Waals surface area contributed by atoms with Crippen molar-refractivity contribution >= 4 is 40.7 Å². The summed E-state index contributed by atoms with van der Waals surface area (Å²) < 4.78 is 0. The zero-order valence-corrected chi connectivity index (χ0v) is 16.0. The number of nitrogens with zero attached hydrogens (tertiary/aromatic N) is 1. The van der Waals surface area contributed by atoms with Crippen LogP contribution in [0, 0.1) is 11.3 Å². The molecule has 1 saturated heterocycles. The van der Waals surface area contributed by atoms with Crippen LogP contribution in [0.5, 0.6) is 0 Å². The van der Waals surface area contributed by atoms with Gasteiger partial charge in [-0.25, -0.2) is 0 Å². The molecule has 0 radical (unpaired) electrons. The van der Waals surface area contributed by atoms with E-state index in [4.69, 9.17) is 23.2 Å². The van der Waals surface area contributed by atoms with E-state index < -0.39 is 5.41 Å². The van der Waals surface area contributed by atoms with Gasteiger partial charge in [-0.3, -0.25) is 9.59 Å². The summed E-state index contributed by atoms with van der Waals surface area (Å²) in [5.74, 6) is 0.255. The Balaban J connectivity index is 1.56. The second-order valence-corrected chi connectivity index (χ2v) is 8.94. The van der Waals surface area contributed by atoms with Crippen molar-refractivity contribution in [2.24, 2.45) is 11.3 Å². The molecule has 6 heteroatoms. The molecular formula is C19H22Cl2N2O2. The summed E-state index contributed by atoms with van der Waals surface area (Å²) in [6, 6.07) is 3.48. The van der Waals surface area contributed by atoms with Crippen molar-refractivity contribution in [3.63, 3.8) is 0 Å². The van der Waals surface area contributed by atoms with E-state index in [2.05, 4.69) is 19.2 Å². The number of carbonyl (C=O) groups is 2. The summed E-state index contributed by atoms with van der Waals surface area (Å²) in [4.78, 5) is 27.4. The van der Waals surface area contributed by atoms with Crippen LogP contribution in [0.2, 0.25) is 10.0 Å². The predicted molar refractivity (Wildman–Crippen MR) is 99.1 cm³/mol. The number of hydrogen-bond acceptors (Lipinski definition) is 2. The predicted octanol–water partition coefficient (Wildman–Crippen LogP) is 4.24. The minimum Gasteiger partial charge on any atom is -0.341 e. The molecule has 134 valence electrons. The molecule has 0 bridgehead atoms. The first kappa shape index (κ1) is 17.2. The molecule has 2 amide bonds. The maximum Gasteiger partial charge on any atom is 0.237 e. The molecule has 1 N–H and O–H groups in total. The number of fused-ring (bicyclic) bond motifs is 2. The quantitative estimate of drug-likeness (QED) is 0.833. The highest BCUT2D eigenvalue weighted by molar-refractivity contribution is 6.42. The third-order valence-electron chi connectivity index (χ3n) is 6.52. The topological polar surface area (TPSA) is 49.4 Å². The van der Waals surface area contributed by atoms with Crippen molar-refractivity contribution in [2.45, 2.75) is 44.9 Å². The Hall–Kier alpha value is -1.26. The van der Waals surface area contributed by atoms with Crippen LogP contribution in [-0.2, 0) is 15.0 Å². The summed E-state index contributed by atoms with van der Waals surface area (Å²) >= 11 is 12.3. The number of nitrogens with one attached hydrogen (secondary N) is 1. The lowest BCUT2D eigenvalue weighted by Crippen LogP contribution is -2.46. The van der Waals surface area contributed by atoms with Crippen LogP contribution in [0.3, 0.4) is 0 Å². The molecule has 2 aliphatic heterocycles. The first-order valence-electron chi connectivity index (χ1n) is 8.88. The summed E-state index contributed by atoms with van der Waals surface area (Å²) in [6.45, 7) is 5.47. The fraction of sp³-hybridized carbons (Fsp3) is 0.579. The van der Waals surface area contributed by atoms with Crippen LogP contribution < -0.4 is 5.32 Å². The number of likely N-dealkylation sites (tertiary alicyclic amines) is 1. The van der Waals surface area contributed by atoms with Crippen LogP contribution in [-0.4, -0.2) is 29.8 Å². The van der Waals surface area contributed by atoms with Crippen molar-refractivity contribution in [3.05, 3.63) is 27.7 Å². The van der Waals surface area contributed by atoms with E-state index in [1.807, 2.05) is 4.90 Å². The van der Waals surface area contributed by atoms with Crippen molar-refractivity contribution in [2.75, 3.05) is 18.4 Å². The zero-order valence-electron chi connectivity index (χ0n) is 14.5. The van der Waals surface area contributed by atoms with Gasteiger partial charge in [-0.15, -0.1) is 0 Å². The van der Waals surface area contributed by atoms with E-state index in [0.29, 0.717) is 35.0 Å². The van der Waals surface area contributed by atoms with Gasteiger partial charge in [-0.05, 0) is 42.4 Å². The Morgan fingerprint density at radius 1 is 1.32 bits per heavy atom. The Morgan fingerprint density at radius 3 is 2.68 bits per heavy atom. The molecule has 4 rings (SSSR count). The smallest absolute Gasteiger partial charge is 0.237 e. The average molecular weight is 381 g/mol. The number of halogens is 2. The van der Waals surface area contributed by atoms with E-state index in [9.17, 15) is 9.59 Å². The van der Waals surface area contributed by atoms with Crippen molar-refractivity contribution < 1.29 is 9.59 Å². The van der Waals surface area contributed by atoms with Gasteiger partial charge < -0.3 is 10.2 Å². The Kier molecular flexibility index (Phi) is 3.86. The third kappa shape index (κ3) is 2.48. The fourth-order valence-corrected chi connectivity index (χ4v) is 4.99.